The number of unbranched alkanes of at least 4 members (excludes halogenated alkanes) is 10. The van der Waals surface area contributed by atoms with Crippen molar-refractivity contribution in [2.75, 3.05) is 24.6 Å². The number of hydrogen-bond donors (Lipinski definition) is 0. The second-order valence-corrected chi connectivity index (χ2v) is 15.0. The van der Waals surface area contributed by atoms with Gasteiger partial charge in [-0.05, 0) is 64.9 Å². The zero-order valence-electron chi connectivity index (χ0n) is 22.8. The van der Waals surface area contributed by atoms with Gasteiger partial charge in [-0.15, -0.1) is 0 Å². The van der Waals surface area contributed by atoms with Gasteiger partial charge < -0.3 is 0 Å². The first-order valence-corrected chi connectivity index (χ1v) is 16.8. The highest BCUT2D eigenvalue weighted by atomic mass is 31.2. The molecule has 2 nitrogen and oxygen atoms in total. The van der Waals surface area contributed by atoms with Crippen LogP contribution in [-0.4, -0.2) is 36.2 Å². The number of carbonyl (C=O) groups is 2. The van der Waals surface area contributed by atoms with Crippen molar-refractivity contribution >= 4 is 18.8 Å². The van der Waals surface area contributed by atoms with E-state index < -0.39 is 7.26 Å². The maximum atomic E-state index is 12.3. The van der Waals surface area contributed by atoms with E-state index >= 15 is 0 Å². The molecule has 0 aromatic heterocycles. The second kappa shape index (κ2) is 17.7. The molecule has 0 saturated heterocycles. The van der Waals surface area contributed by atoms with Gasteiger partial charge in [-0.1, -0.05) is 72.1 Å². The molecule has 33 heavy (non-hydrogen) atoms. The third-order valence-corrected chi connectivity index (χ3v) is 12.7. The number of allylic oxidation sites excluding steroid dienone is 4. The molecule has 190 valence electrons. The van der Waals surface area contributed by atoms with Crippen LogP contribution in [0.15, 0.2) is 22.8 Å². The van der Waals surface area contributed by atoms with Crippen molar-refractivity contribution in [1.29, 1.82) is 0 Å². The minimum atomic E-state index is -0.708. The fraction of sp³-hybridized carbons (Fsp3) is 0.800. The second-order valence-electron chi connectivity index (χ2n) is 10.5. The Morgan fingerprint density at radius 2 is 1.00 bits per heavy atom. The summed E-state index contributed by atoms with van der Waals surface area (Å²) in [5.74, 6) is 0.107. The van der Waals surface area contributed by atoms with E-state index in [1.807, 2.05) is 0 Å². The van der Waals surface area contributed by atoms with Gasteiger partial charge in [0.05, 0.1) is 24.6 Å². The summed E-state index contributed by atoms with van der Waals surface area (Å²) in [5.41, 5.74) is 1.98. The van der Waals surface area contributed by atoms with Crippen LogP contribution in [0.5, 0.6) is 0 Å². The molecule has 0 atom stereocenters. The zero-order chi connectivity index (χ0) is 24.5. The maximum Gasteiger partial charge on any atom is 0.185 e. The fourth-order valence-corrected chi connectivity index (χ4v) is 10.3. The van der Waals surface area contributed by atoms with Gasteiger partial charge in [-0.25, -0.2) is 0 Å². The molecule has 0 N–H and O–H groups in total. The average molecular weight is 478 g/mol. The van der Waals surface area contributed by atoms with Crippen LogP contribution in [0.4, 0.5) is 0 Å². The third-order valence-electron chi connectivity index (χ3n) is 7.66. The van der Waals surface area contributed by atoms with Gasteiger partial charge in [0.15, 0.2) is 11.6 Å². The molecule has 0 aromatic carbocycles. The molecule has 0 heterocycles. The molecule has 3 heteroatoms. The van der Waals surface area contributed by atoms with Crippen molar-refractivity contribution in [3.8, 4) is 0 Å². The van der Waals surface area contributed by atoms with E-state index in [4.69, 9.17) is 0 Å². The van der Waals surface area contributed by atoms with Crippen molar-refractivity contribution in [2.45, 2.75) is 131 Å². The Morgan fingerprint density at radius 1 is 0.576 bits per heavy atom. The highest BCUT2D eigenvalue weighted by Crippen LogP contribution is 2.61. The highest BCUT2D eigenvalue weighted by molar-refractivity contribution is 7.75. The molecule has 1 rings (SSSR count). The van der Waals surface area contributed by atoms with Crippen LogP contribution in [-0.2, 0) is 9.59 Å². The molecule has 0 saturated carbocycles. The Hall–Kier alpha value is -0.750. The molecule has 0 unspecified atom stereocenters. The first kappa shape index (κ1) is 30.3. The Bertz CT molecular complexity index is 622. The Kier molecular flexibility index (Phi) is 16.2. The van der Waals surface area contributed by atoms with Crippen LogP contribution in [0.3, 0.4) is 0 Å². The topological polar surface area (TPSA) is 34.1 Å². The largest absolute Gasteiger partial charge is 0.290 e. The minimum Gasteiger partial charge on any atom is -0.290 e. The van der Waals surface area contributed by atoms with Crippen LogP contribution in [0.2, 0.25) is 0 Å². The first-order chi connectivity index (χ1) is 15.9. The van der Waals surface area contributed by atoms with Crippen molar-refractivity contribution in [3.05, 3.63) is 22.8 Å². The fourth-order valence-electron chi connectivity index (χ4n) is 5.09. The lowest BCUT2D eigenvalue weighted by molar-refractivity contribution is -0.116. The Morgan fingerprint density at radius 3 is 1.48 bits per heavy atom. The molecule has 0 bridgehead atoms. The predicted molar refractivity (Wildman–Crippen MR) is 149 cm³/mol. The van der Waals surface area contributed by atoms with Crippen LogP contribution < -0.4 is 0 Å². The Labute approximate surface area is 206 Å². The van der Waals surface area contributed by atoms with Crippen LogP contribution in [0.25, 0.3) is 0 Å². The summed E-state index contributed by atoms with van der Waals surface area (Å²) in [6, 6.07) is 0. The number of rotatable bonds is 20. The molecule has 0 fully saturated rings. The molecule has 0 aromatic rings. The van der Waals surface area contributed by atoms with Crippen LogP contribution in [0.1, 0.15) is 131 Å². The van der Waals surface area contributed by atoms with Gasteiger partial charge in [0, 0.05) is 24.0 Å². The average Bonchev–Trinajstić information content (AvgIpc) is 2.82. The van der Waals surface area contributed by atoms with Gasteiger partial charge in [-0.3, -0.25) is 9.59 Å². The number of carbonyl (C=O) groups excluding carboxylic acids is 2. The molecule has 0 amide bonds. The predicted octanol–water partition coefficient (Wildman–Crippen LogP) is 9.33. The van der Waals surface area contributed by atoms with E-state index in [1.54, 1.807) is 44.6 Å². The first-order valence-electron chi connectivity index (χ1n) is 14.2. The SMILES string of the molecule is CCCC[P+](CCCC)(CCCC)CCCCCCCCCCC1=CC(=O)C(C)=C(C)C1=O. The summed E-state index contributed by atoms with van der Waals surface area (Å²) >= 11 is 0. The molecular weight excluding hydrogens is 423 g/mol. The van der Waals surface area contributed by atoms with Gasteiger partial charge in [0.2, 0.25) is 0 Å². The monoisotopic (exact) mass is 477 g/mol. The molecular formula is C30H54O2P+. The van der Waals surface area contributed by atoms with E-state index in [0.717, 1.165) is 18.4 Å². The molecule has 1 aliphatic rings. The molecule has 0 spiro atoms. The smallest absolute Gasteiger partial charge is 0.185 e. The molecule has 1 aliphatic carbocycles. The van der Waals surface area contributed by atoms with Crippen molar-refractivity contribution < 1.29 is 9.59 Å². The van der Waals surface area contributed by atoms with E-state index in [9.17, 15) is 9.59 Å². The summed E-state index contributed by atoms with van der Waals surface area (Å²) in [4.78, 5) is 24.3. The molecule has 0 radical (unpaired) electrons. The van der Waals surface area contributed by atoms with E-state index in [0.29, 0.717) is 11.1 Å². The van der Waals surface area contributed by atoms with Gasteiger partial charge in [-0.2, -0.15) is 0 Å². The van der Waals surface area contributed by atoms with Crippen LogP contribution in [0, 0.1) is 0 Å². The third kappa shape index (κ3) is 11.5. The van der Waals surface area contributed by atoms with Crippen LogP contribution >= 0.6 is 7.26 Å². The van der Waals surface area contributed by atoms with E-state index in [-0.39, 0.29) is 11.6 Å². The number of hydrogen-bond acceptors (Lipinski definition) is 2. The summed E-state index contributed by atoms with van der Waals surface area (Å²) in [5, 5.41) is 0. The van der Waals surface area contributed by atoms with Crippen molar-refractivity contribution in [3.63, 3.8) is 0 Å². The summed E-state index contributed by atoms with van der Waals surface area (Å²) in [6.07, 6.45) is 27.4. The van der Waals surface area contributed by atoms with Gasteiger partial charge in [0.25, 0.3) is 0 Å². The van der Waals surface area contributed by atoms with Crippen molar-refractivity contribution in [2.24, 2.45) is 0 Å². The van der Waals surface area contributed by atoms with Crippen molar-refractivity contribution in [1.82, 2.24) is 0 Å². The zero-order valence-corrected chi connectivity index (χ0v) is 23.7. The van der Waals surface area contributed by atoms with E-state index in [2.05, 4.69) is 20.8 Å². The summed E-state index contributed by atoms with van der Waals surface area (Å²) < 4.78 is 0. The Balaban J connectivity index is 2.22. The summed E-state index contributed by atoms with van der Waals surface area (Å²) in [6.45, 7) is 10.6. The lowest BCUT2D eigenvalue weighted by atomic mass is 9.88. The number of Topliss-reactive ketones (excluding diaryl/α,β-unsaturated/α-hetero) is 1. The standard InChI is InChI=1S/C30H54O2P/c1-6-9-21-33(22-10-7-2,23-11-8-3)24-19-17-15-13-12-14-16-18-20-28-25-29(31)26(4)27(5)30(28)32/h25H,6-24H2,1-5H3/q+1. The minimum absolute atomic E-state index is 0.0210. The highest BCUT2D eigenvalue weighted by Gasteiger charge is 2.34. The quantitative estimate of drug-likeness (QED) is 0.0994. The maximum absolute atomic E-state index is 12.3. The normalized spacial score (nSPS) is 14.9. The van der Waals surface area contributed by atoms with E-state index in [1.165, 1.54) is 83.5 Å². The lowest BCUT2D eigenvalue weighted by Crippen LogP contribution is -2.16. The van der Waals surface area contributed by atoms with Gasteiger partial charge in [0.1, 0.15) is 0 Å². The lowest BCUT2D eigenvalue weighted by Gasteiger charge is -2.28. The number of ketones is 2. The van der Waals surface area contributed by atoms with Gasteiger partial charge >= 0.3 is 0 Å². The summed E-state index contributed by atoms with van der Waals surface area (Å²) in [7, 11) is -0.708. The molecule has 0 aliphatic heterocycles.